The van der Waals surface area contributed by atoms with Gasteiger partial charge in [0.25, 0.3) is 0 Å². The van der Waals surface area contributed by atoms with Gasteiger partial charge >= 0.3 is 0 Å². The molecule has 0 aliphatic heterocycles. The van der Waals surface area contributed by atoms with E-state index in [-0.39, 0.29) is 6.04 Å². The summed E-state index contributed by atoms with van der Waals surface area (Å²) >= 11 is 0. The lowest BCUT2D eigenvalue weighted by Gasteiger charge is -2.27. The normalized spacial score (nSPS) is 15.2. The molecule has 2 atom stereocenters. The van der Waals surface area contributed by atoms with Gasteiger partial charge < -0.3 is 15.5 Å². The molecule has 3 N–H and O–H groups in total. The fourth-order valence-corrected chi connectivity index (χ4v) is 2.34. The van der Waals surface area contributed by atoms with Crippen LogP contribution >= 0.6 is 0 Å². The molecule has 0 radical (unpaired) electrons. The second-order valence-corrected chi connectivity index (χ2v) is 5.07. The quantitative estimate of drug-likeness (QED) is 0.851. The first kappa shape index (κ1) is 13.1. The number of hydrogen-bond donors (Lipinski definition) is 2. The molecule has 98 valence electrons. The van der Waals surface area contributed by atoms with Gasteiger partial charge in [-0.25, -0.2) is 4.98 Å². The number of benzene rings is 1. The van der Waals surface area contributed by atoms with Crippen LogP contribution in [0.4, 0.5) is 0 Å². The highest BCUT2D eigenvalue weighted by atomic mass is 16.3. The Bertz CT molecular complexity index is 506. The molecule has 0 saturated carbocycles. The van der Waals surface area contributed by atoms with E-state index < -0.39 is 0 Å². The average Bonchev–Trinajstić information content (AvgIpc) is 2.81. The van der Waals surface area contributed by atoms with Crippen molar-refractivity contribution in [3.63, 3.8) is 0 Å². The predicted octanol–water partition coefficient (Wildman–Crippen LogP) is 2.32. The van der Waals surface area contributed by atoms with E-state index in [4.69, 9.17) is 10.2 Å². The summed E-state index contributed by atoms with van der Waals surface area (Å²) in [5, 5.41) is 3.22. The van der Waals surface area contributed by atoms with Gasteiger partial charge in [0, 0.05) is 6.04 Å². The van der Waals surface area contributed by atoms with E-state index in [9.17, 15) is 0 Å². The molecule has 1 aromatic heterocycles. The zero-order valence-corrected chi connectivity index (χ0v) is 11.2. The smallest absolute Gasteiger partial charge is 0.181 e. The highest BCUT2D eigenvalue weighted by molar-refractivity contribution is 5.72. The molecule has 4 nitrogen and oxygen atoms in total. The molecule has 2 rings (SSSR count). The van der Waals surface area contributed by atoms with Crippen molar-refractivity contribution in [2.24, 2.45) is 17.6 Å². The Balaban J connectivity index is 2.27. The number of rotatable bonds is 5. The first-order chi connectivity index (χ1) is 8.63. The van der Waals surface area contributed by atoms with Crippen LogP contribution in [-0.2, 0) is 0 Å². The van der Waals surface area contributed by atoms with Crippen LogP contribution in [0.25, 0.3) is 11.1 Å². The van der Waals surface area contributed by atoms with E-state index in [1.165, 1.54) is 6.39 Å². The van der Waals surface area contributed by atoms with Crippen LogP contribution in [0.1, 0.15) is 25.5 Å². The standard InChI is InChI=1S/C14H21N3O/c1-9(2)11(7-16-3)14(15)10-4-5-12-13(6-10)18-8-17-12/h4-6,8-9,11,14,16H,7,15H2,1-3H3. The number of hydrogen-bond acceptors (Lipinski definition) is 4. The van der Waals surface area contributed by atoms with Gasteiger partial charge in [-0.05, 0) is 43.1 Å². The molecule has 0 aliphatic carbocycles. The molecular weight excluding hydrogens is 226 g/mol. The first-order valence-electron chi connectivity index (χ1n) is 6.36. The molecule has 4 heteroatoms. The second kappa shape index (κ2) is 5.50. The number of oxazole rings is 1. The van der Waals surface area contributed by atoms with Gasteiger partial charge in [0.1, 0.15) is 5.52 Å². The molecular formula is C14H21N3O. The van der Waals surface area contributed by atoms with E-state index in [0.717, 1.165) is 23.2 Å². The molecule has 1 heterocycles. The van der Waals surface area contributed by atoms with Gasteiger partial charge in [0.15, 0.2) is 12.0 Å². The summed E-state index contributed by atoms with van der Waals surface area (Å²) in [4.78, 5) is 4.12. The Morgan fingerprint density at radius 1 is 1.39 bits per heavy atom. The summed E-state index contributed by atoms with van der Waals surface area (Å²) in [6.45, 7) is 5.32. The van der Waals surface area contributed by atoms with Crippen LogP contribution < -0.4 is 11.1 Å². The molecule has 2 unspecified atom stereocenters. The lowest BCUT2D eigenvalue weighted by atomic mass is 9.85. The minimum absolute atomic E-state index is 0.00644. The van der Waals surface area contributed by atoms with Crippen LogP contribution in [0.2, 0.25) is 0 Å². The van der Waals surface area contributed by atoms with Crippen molar-refractivity contribution in [2.45, 2.75) is 19.9 Å². The number of nitrogens with zero attached hydrogens (tertiary/aromatic N) is 1. The molecule has 0 bridgehead atoms. The molecule has 0 aliphatic rings. The van der Waals surface area contributed by atoms with Crippen molar-refractivity contribution < 1.29 is 4.42 Å². The zero-order valence-electron chi connectivity index (χ0n) is 11.2. The Morgan fingerprint density at radius 2 is 2.17 bits per heavy atom. The number of aromatic nitrogens is 1. The second-order valence-electron chi connectivity index (χ2n) is 5.07. The minimum Gasteiger partial charge on any atom is -0.443 e. The van der Waals surface area contributed by atoms with Crippen molar-refractivity contribution in [1.82, 2.24) is 10.3 Å². The first-order valence-corrected chi connectivity index (χ1v) is 6.36. The van der Waals surface area contributed by atoms with Gasteiger partial charge in [-0.3, -0.25) is 0 Å². The van der Waals surface area contributed by atoms with Crippen molar-refractivity contribution in [3.05, 3.63) is 30.2 Å². The summed E-state index contributed by atoms with van der Waals surface area (Å²) in [7, 11) is 1.96. The average molecular weight is 247 g/mol. The monoisotopic (exact) mass is 247 g/mol. The summed E-state index contributed by atoms with van der Waals surface area (Å²) in [6.07, 6.45) is 1.47. The van der Waals surface area contributed by atoms with E-state index in [2.05, 4.69) is 24.1 Å². The van der Waals surface area contributed by atoms with Crippen LogP contribution in [0.15, 0.2) is 29.0 Å². The van der Waals surface area contributed by atoms with Crippen molar-refractivity contribution >= 4 is 11.1 Å². The maximum atomic E-state index is 6.38. The van der Waals surface area contributed by atoms with Crippen LogP contribution in [-0.4, -0.2) is 18.6 Å². The third-order valence-electron chi connectivity index (χ3n) is 3.50. The van der Waals surface area contributed by atoms with Crippen molar-refractivity contribution in [1.29, 1.82) is 0 Å². The summed E-state index contributed by atoms with van der Waals surface area (Å²) in [6, 6.07) is 6.01. The summed E-state index contributed by atoms with van der Waals surface area (Å²) in [5.41, 5.74) is 9.17. The Morgan fingerprint density at radius 3 is 2.83 bits per heavy atom. The van der Waals surface area contributed by atoms with Gasteiger partial charge in [0.2, 0.25) is 0 Å². The topological polar surface area (TPSA) is 64.1 Å². The largest absolute Gasteiger partial charge is 0.443 e. The Hall–Kier alpha value is -1.39. The molecule has 0 saturated heterocycles. The predicted molar refractivity (Wildman–Crippen MR) is 73.2 cm³/mol. The summed E-state index contributed by atoms with van der Waals surface area (Å²) in [5.74, 6) is 0.924. The summed E-state index contributed by atoms with van der Waals surface area (Å²) < 4.78 is 5.33. The SMILES string of the molecule is CNCC(C(C)C)C(N)c1ccc2ncoc2c1. The van der Waals surface area contributed by atoms with Gasteiger partial charge in [0.05, 0.1) is 0 Å². The van der Waals surface area contributed by atoms with Crippen LogP contribution in [0.3, 0.4) is 0 Å². The fraction of sp³-hybridized carbons (Fsp3) is 0.500. The maximum absolute atomic E-state index is 6.38. The molecule has 2 aromatic rings. The third-order valence-corrected chi connectivity index (χ3v) is 3.50. The molecule has 18 heavy (non-hydrogen) atoms. The minimum atomic E-state index is 0.00644. The van der Waals surface area contributed by atoms with Gasteiger partial charge in [-0.15, -0.1) is 0 Å². The highest BCUT2D eigenvalue weighted by Crippen LogP contribution is 2.27. The number of nitrogens with two attached hydrogens (primary N) is 1. The molecule has 0 spiro atoms. The van der Waals surface area contributed by atoms with Gasteiger partial charge in [-0.1, -0.05) is 19.9 Å². The number of nitrogens with one attached hydrogen (secondary N) is 1. The van der Waals surface area contributed by atoms with E-state index >= 15 is 0 Å². The molecule has 1 aromatic carbocycles. The maximum Gasteiger partial charge on any atom is 0.181 e. The van der Waals surface area contributed by atoms with E-state index in [0.29, 0.717) is 11.8 Å². The highest BCUT2D eigenvalue weighted by Gasteiger charge is 2.22. The van der Waals surface area contributed by atoms with E-state index in [1.807, 2.05) is 25.2 Å². The number of fused-ring (bicyclic) bond motifs is 1. The Kier molecular flexibility index (Phi) is 3.99. The zero-order chi connectivity index (χ0) is 13.1. The third kappa shape index (κ3) is 2.54. The van der Waals surface area contributed by atoms with Crippen LogP contribution in [0.5, 0.6) is 0 Å². The van der Waals surface area contributed by atoms with Crippen LogP contribution in [0, 0.1) is 11.8 Å². The molecule has 0 fully saturated rings. The van der Waals surface area contributed by atoms with Crippen molar-refractivity contribution in [2.75, 3.05) is 13.6 Å². The van der Waals surface area contributed by atoms with Gasteiger partial charge in [-0.2, -0.15) is 0 Å². The fourth-order valence-electron chi connectivity index (χ4n) is 2.34. The molecule has 0 amide bonds. The Labute approximate surface area is 108 Å². The lowest BCUT2D eigenvalue weighted by Crippen LogP contribution is -2.33. The van der Waals surface area contributed by atoms with E-state index in [1.54, 1.807) is 0 Å². The lowest BCUT2D eigenvalue weighted by molar-refractivity contribution is 0.314. The van der Waals surface area contributed by atoms with Crippen molar-refractivity contribution in [3.8, 4) is 0 Å².